The predicted octanol–water partition coefficient (Wildman–Crippen LogP) is 2.56. The molecule has 0 saturated carbocycles. The van der Waals surface area contributed by atoms with E-state index in [9.17, 15) is 0 Å². The summed E-state index contributed by atoms with van der Waals surface area (Å²) in [7, 11) is 0. The average molecular weight is 269 g/mol. The van der Waals surface area contributed by atoms with Gasteiger partial charge in [-0.3, -0.25) is 0 Å². The molecule has 1 atom stereocenters. The van der Waals surface area contributed by atoms with Crippen molar-refractivity contribution in [1.29, 1.82) is 0 Å². The van der Waals surface area contributed by atoms with Gasteiger partial charge in [-0.15, -0.1) is 0 Å². The third-order valence-corrected chi connectivity index (χ3v) is 3.77. The van der Waals surface area contributed by atoms with Crippen LogP contribution in [0, 0.1) is 6.92 Å². The van der Waals surface area contributed by atoms with Crippen LogP contribution in [-0.2, 0) is 0 Å². The van der Waals surface area contributed by atoms with Crippen LogP contribution in [0.5, 0.6) is 0 Å². The van der Waals surface area contributed by atoms with Crippen molar-refractivity contribution >= 4 is 21.6 Å². The number of hydrogen-bond donors (Lipinski definition) is 1. The third kappa shape index (κ3) is 2.52. The molecule has 1 aromatic rings. The van der Waals surface area contributed by atoms with Crippen LogP contribution >= 0.6 is 15.9 Å². The molecule has 0 radical (unpaired) electrons. The van der Waals surface area contributed by atoms with Crippen molar-refractivity contribution in [2.24, 2.45) is 0 Å². The summed E-state index contributed by atoms with van der Waals surface area (Å²) in [6.07, 6.45) is 0. The van der Waals surface area contributed by atoms with E-state index in [4.69, 9.17) is 0 Å². The normalized spacial score (nSPS) is 21.8. The Morgan fingerprint density at radius 2 is 2.27 bits per heavy atom. The molecule has 3 heteroatoms. The van der Waals surface area contributed by atoms with E-state index in [-0.39, 0.29) is 0 Å². The topological polar surface area (TPSA) is 15.3 Å². The number of aryl methyl sites for hydroxylation is 1. The number of nitrogens with zero attached hydrogens (tertiary/aromatic N) is 1. The summed E-state index contributed by atoms with van der Waals surface area (Å²) in [5.41, 5.74) is 2.64. The van der Waals surface area contributed by atoms with Crippen LogP contribution in [0.25, 0.3) is 0 Å². The van der Waals surface area contributed by atoms with Gasteiger partial charge in [-0.2, -0.15) is 0 Å². The van der Waals surface area contributed by atoms with E-state index in [0.29, 0.717) is 6.04 Å². The van der Waals surface area contributed by atoms with E-state index in [2.05, 4.69) is 58.2 Å². The molecule has 1 aromatic carbocycles. The fourth-order valence-electron chi connectivity index (χ4n) is 1.99. The lowest BCUT2D eigenvalue weighted by Gasteiger charge is -2.33. The monoisotopic (exact) mass is 268 g/mol. The van der Waals surface area contributed by atoms with Gasteiger partial charge in [-0.1, -0.05) is 15.9 Å². The summed E-state index contributed by atoms with van der Waals surface area (Å²) >= 11 is 3.53. The smallest absolute Gasteiger partial charge is 0.0370 e. The minimum absolute atomic E-state index is 0.586. The standard InChI is InChI=1S/C12H17BrN2/c1-9-7-11(3-4-12(9)13)15-6-5-14-10(2)8-15/h3-4,7,10,14H,5-6,8H2,1-2H3. The fourth-order valence-corrected chi connectivity index (χ4v) is 2.24. The highest BCUT2D eigenvalue weighted by Crippen LogP contribution is 2.23. The summed E-state index contributed by atoms with van der Waals surface area (Å²) in [5.74, 6) is 0. The Morgan fingerprint density at radius 1 is 1.47 bits per heavy atom. The van der Waals surface area contributed by atoms with E-state index >= 15 is 0 Å². The number of hydrogen-bond acceptors (Lipinski definition) is 2. The highest BCUT2D eigenvalue weighted by atomic mass is 79.9. The van der Waals surface area contributed by atoms with Gasteiger partial charge in [0.1, 0.15) is 0 Å². The summed E-state index contributed by atoms with van der Waals surface area (Å²) in [4.78, 5) is 2.45. The van der Waals surface area contributed by atoms with Crippen LogP contribution in [0.3, 0.4) is 0 Å². The molecular weight excluding hydrogens is 252 g/mol. The van der Waals surface area contributed by atoms with Crippen LogP contribution < -0.4 is 10.2 Å². The first kappa shape index (κ1) is 11.0. The van der Waals surface area contributed by atoms with Crippen LogP contribution in [0.2, 0.25) is 0 Å². The maximum absolute atomic E-state index is 3.53. The summed E-state index contributed by atoms with van der Waals surface area (Å²) in [6, 6.07) is 7.16. The summed E-state index contributed by atoms with van der Waals surface area (Å²) in [6.45, 7) is 7.65. The molecule has 0 aromatic heterocycles. The number of anilines is 1. The van der Waals surface area contributed by atoms with Crippen LogP contribution in [-0.4, -0.2) is 25.7 Å². The maximum Gasteiger partial charge on any atom is 0.0370 e. The number of piperazine rings is 1. The van der Waals surface area contributed by atoms with Crippen LogP contribution in [0.1, 0.15) is 12.5 Å². The zero-order valence-corrected chi connectivity index (χ0v) is 10.8. The molecule has 0 spiro atoms. The highest BCUT2D eigenvalue weighted by molar-refractivity contribution is 9.10. The molecule has 1 aliphatic rings. The van der Waals surface area contributed by atoms with E-state index in [0.717, 1.165) is 19.6 Å². The summed E-state index contributed by atoms with van der Waals surface area (Å²) < 4.78 is 1.19. The minimum Gasteiger partial charge on any atom is -0.369 e. The lowest BCUT2D eigenvalue weighted by molar-refractivity contribution is 0.485. The SMILES string of the molecule is Cc1cc(N2CCNC(C)C2)ccc1Br. The second-order valence-electron chi connectivity index (χ2n) is 4.23. The third-order valence-electron chi connectivity index (χ3n) is 2.88. The van der Waals surface area contributed by atoms with Gasteiger partial charge >= 0.3 is 0 Å². The second kappa shape index (κ2) is 4.54. The first-order valence-electron chi connectivity index (χ1n) is 5.41. The van der Waals surface area contributed by atoms with Gasteiger partial charge in [-0.05, 0) is 37.6 Å². The van der Waals surface area contributed by atoms with Gasteiger partial charge in [0.2, 0.25) is 0 Å². The molecule has 15 heavy (non-hydrogen) atoms. The quantitative estimate of drug-likeness (QED) is 0.843. The van der Waals surface area contributed by atoms with Crippen molar-refractivity contribution in [2.75, 3.05) is 24.5 Å². The Labute approximate surface area is 99.8 Å². The van der Waals surface area contributed by atoms with Gasteiger partial charge in [0.15, 0.2) is 0 Å². The molecule has 1 heterocycles. The van der Waals surface area contributed by atoms with E-state index in [1.165, 1.54) is 15.7 Å². The minimum atomic E-state index is 0.586. The van der Waals surface area contributed by atoms with E-state index in [1.54, 1.807) is 0 Å². The Morgan fingerprint density at radius 3 is 2.93 bits per heavy atom. The fraction of sp³-hybridized carbons (Fsp3) is 0.500. The molecule has 2 nitrogen and oxygen atoms in total. The largest absolute Gasteiger partial charge is 0.369 e. The molecule has 82 valence electrons. The maximum atomic E-state index is 3.53. The van der Waals surface area contributed by atoms with Crippen molar-refractivity contribution in [2.45, 2.75) is 19.9 Å². The zero-order chi connectivity index (χ0) is 10.8. The van der Waals surface area contributed by atoms with E-state index < -0.39 is 0 Å². The number of rotatable bonds is 1. The van der Waals surface area contributed by atoms with Crippen LogP contribution in [0.15, 0.2) is 22.7 Å². The molecule has 1 N–H and O–H groups in total. The Bertz CT molecular complexity index is 351. The molecule has 0 bridgehead atoms. The lowest BCUT2D eigenvalue weighted by Crippen LogP contribution is -2.49. The molecule has 0 amide bonds. The molecule has 1 unspecified atom stereocenters. The van der Waals surface area contributed by atoms with E-state index in [1.807, 2.05) is 0 Å². The first-order chi connectivity index (χ1) is 7.16. The number of nitrogens with one attached hydrogen (secondary N) is 1. The first-order valence-corrected chi connectivity index (χ1v) is 6.20. The highest BCUT2D eigenvalue weighted by Gasteiger charge is 2.15. The Balaban J connectivity index is 2.18. The average Bonchev–Trinajstić information content (AvgIpc) is 2.22. The Kier molecular flexibility index (Phi) is 3.32. The predicted molar refractivity (Wildman–Crippen MR) is 68.6 cm³/mol. The molecule has 1 saturated heterocycles. The van der Waals surface area contributed by atoms with Crippen molar-refractivity contribution in [3.05, 3.63) is 28.2 Å². The molecule has 0 aliphatic carbocycles. The molecule has 1 aliphatic heterocycles. The van der Waals surface area contributed by atoms with Gasteiger partial charge in [0, 0.05) is 35.8 Å². The van der Waals surface area contributed by atoms with Gasteiger partial charge in [-0.25, -0.2) is 0 Å². The molecular formula is C12H17BrN2. The number of benzene rings is 1. The van der Waals surface area contributed by atoms with Gasteiger partial charge < -0.3 is 10.2 Å². The van der Waals surface area contributed by atoms with Crippen molar-refractivity contribution in [3.8, 4) is 0 Å². The number of halogens is 1. The second-order valence-corrected chi connectivity index (χ2v) is 5.09. The van der Waals surface area contributed by atoms with Crippen molar-refractivity contribution in [3.63, 3.8) is 0 Å². The zero-order valence-electron chi connectivity index (χ0n) is 9.26. The van der Waals surface area contributed by atoms with Crippen LogP contribution in [0.4, 0.5) is 5.69 Å². The molecule has 1 fully saturated rings. The lowest BCUT2D eigenvalue weighted by atomic mass is 10.1. The van der Waals surface area contributed by atoms with Gasteiger partial charge in [0.05, 0.1) is 0 Å². The Hall–Kier alpha value is -0.540. The van der Waals surface area contributed by atoms with Crippen molar-refractivity contribution in [1.82, 2.24) is 5.32 Å². The molecule has 2 rings (SSSR count). The van der Waals surface area contributed by atoms with Crippen molar-refractivity contribution < 1.29 is 0 Å². The summed E-state index contributed by atoms with van der Waals surface area (Å²) in [5, 5.41) is 3.46. The van der Waals surface area contributed by atoms with Gasteiger partial charge in [0.25, 0.3) is 0 Å².